The van der Waals surface area contributed by atoms with Crippen molar-refractivity contribution in [1.82, 2.24) is 5.32 Å². The van der Waals surface area contributed by atoms with Crippen LogP contribution in [-0.4, -0.2) is 11.9 Å². The topological polar surface area (TPSA) is 55.1 Å². The van der Waals surface area contributed by atoms with E-state index in [1.54, 1.807) is 6.08 Å². The van der Waals surface area contributed by atoms with Gasteiger partial charge in [0.25, 0.3) is 0 Å². The number of hydrogen-bond acceptors (Lipinski definition) is 2. The Hall–Kier alpha value is -1.35. The Balaban J connectivity index is 1.39. The minimum atomic E-state index is 0.0468. The summed E-state index contributed by atoms with van der Waals surface area (Å²) in [7, 11) is 0. The smallest absolute Gasteiger partial charge is 0.248 e. The molecule has 0 aromatic rings. The van der Waals surface area contributed by atoms with Crippen molar-refractivity contribution in [1.29, 1.82) is 0 Å². The fourth-order valence-electron chi connectivity index (χ4n) is 8.90. The molecule has 32 heavy (non-hydrogen) atoms. The quantitative estimate of drug-likeness (QED) is 0.523. The molecule has 0 radical (unpaired) electrons. The molecule has 3 fully saturated rings. The number of amides is 1. The van der Waals surface area contributed by atoms with Gasteiger partial charge in [0.05, 0.1) is 0 Å². The molecule has 1 aliphatic heterocycles. The zero-order chi connectivity index (χ0) is 22.8. The zero-order valence-corrected chi connectivity index (χ0v) is 20.9. The Kier molecular flexibility index (Phi) is 5.51. The molecule has 5 aliphatic rings. The normalized spacial score (nSPS) is 45.7. The van der Waals surface area contributed by atoms with Gasteiger partial charge in [0, 0.05) is 17.8 Å². The third-order valence-electron chi connectivity index (χ3n) is 10.7. The number of nitrogens with one attached hydrogen (secondary N) is 1. The molecule has 8 atom stereocenters. The lowest BCUT2D eigenvalue weighted by atomic mass is 9.47. The number of allylic oxidation sites excluding steroid dienone is 4. The molecule has 0 bridgehead atoms. The molecule has 3 saturated carbocycles. The number of carbonyl (C=O) groups excluding carboxylic acids is 1. The summed E-state index contributed by atoms with van der Waals surface area (Å²) in [5.74, 6) is 3.92. The van der Waals surface area contributed by atoms with Gasteiger partial charge in [0.15, 0.2) is 0 Å². The van der Waals surface area contributed by atoms with E-state index in [4.69, 9.17) is 5.73 Å². The van der Waals surface area contributed by atoms with E-state index in [1.807, 2.05) is 5.57 Å². The standard InChI is InChI=1S/C29H44N2O/c1-17(2)22-16-27(32)31-26(22)14-18(3)23-8-9-24-21-7-6-19-15-20(30)10-12-28(19,4)25(21)11-13-29(23,24)5/h7,14,16-20,23-25H,6,8-13,15,30H2,1-5H3,(H,31,32)/b26-14-/t18-,19?,20-,23-,24+,25+,28+,29-/m1/s1. The van der Waals surface area contributed by atoms with Crippen molar-refractivity contribution in [2.24, 2.45) is 52.1 Å². The molecule has 1 heterocycles. The Morgan fingerprint density at radius 1 is 1.06 bits per heavy atom. The average molecular weight is 437 g/mol. The predicted molar refractivity (Wildman–Crippen MR) is 131 cm³/mol. The Bertz CT molecular complexity index is 882. The molecular weight excluding hydrogens is 392 g/mol. The highest BCUT2D eigenvalue weighted by Crippen LogP contribution is 2.66. The van der Waals surface area contributed by atoms with Gasteiger partial charge in [-0.15, -0.1) is 0 Å². The minimum absolute atomic E-state index is 0.0468. The van der Waals surface area contributed by atoms with E-state index in [-0.39, 0.29) is 5.91 Å². The Morgan fingerprint density at radius 2 is 1.78 bits per heavy atom. The van der Waals surface area contributed by atoms with Crippen LogP contribution in [0.5, 0.6) is 0 Å². The third-order valence-corrected chi connectivity index (χ3v) is 10.7. The number of hydrogen-bond donors (Lipinski definition) is 2. The summed E-state index contributed by atoms with van der Waals surface area (Å²) in [6, 6.07) is 0.419. The van der Waals surface area contributed by atoms with Gasteiger partial charge in [-0.05, 0) is 103 Å². The molecule has 3 nitrogen and oxygen atoms in total. The SMILES string of the molecule is CC(C)C1=CC(=O)N/C1=C\[C@@H](C)[C@H]1CC[C@H]2C3=CCC4C[C@H](N)CC[C@]4(C)[C@H]3CC[C@]12C. The second-order valence-corrected chi connectivity index (χ2v) is 12.7. The van der Waals surface area contributed by atoms with Crippen molar-refractivity contribution in [3.8, 4) is 0 Å². The maximum absolute atomic E-state index is 12.0. The zero-order valence-electron chi connectivity index (χ0n) is 20.9. The fraction of sp³-hybridized carbons (Fsp3) is 0.759. The highest BCUT2D eigenvalue weighted by Gasteiger charge is 2.58. The Labute approximate surface area is 195 Å². The highest BCUT2D eigenvalue weighted by atomic mass is 16.1. The van der Waals surface area contributed by atoms with Gasteiger partial charge in [-0.2, -0.15) is 0 Å². The van der Waals surface area contributed by atoms with Gasteiger partial charge >= 0.3 is 0 Å². The van der Waals surface area contributed by atoms with Crippen molar-refractivity contribution in [3.05, 3.63) is 35.1 Å². The first kappa shape index (κ1) is 22.4. The summed E-state index contributed by atoms with van der Waals surface area (Å²) in [4.78, 5) is 12.0. The molecule has 5 rings (SSSR count). The Morgan fingerprint density at radius 3 is 2.53 bits per heavy atom. The predicted octanol–water partition coefficient (Wildman–Crippen LogP) is 6.12. The van der Waals surface area contributed by atoms with Crippen molar-refractivity contribution < 1.29 is 4.79 Å². The lowest BCUT2D eigenvalue weighted by Gasteiger charge is -2.58. The third kappa shape index (κ3) is 3.37. The highest BCUT2D eigenvalue weighted by molar-refractivity contribution is 5.94. The molecule has 0 aromatic heterocycles. The summed E-state index contributed by atoms with van der Waals surface area (Å²) in [5, 5.41) is 3.12. The van der Waals surface area contributed by atoms with Crippen LogP contribution in [0.4, 0.5) is 0 Å². The van der Waals surface area contributed by atoms with Gasteiger partial charge in [-0.1, -0.05) is 52.3 Å². The maximum atomic E-state index is 12.0. The molecule has 176 valence electrons. The van der Waals surface area contributed by atoms with Crippen LogP contribution in [-0.2, 0) is 4.79 Å². The minimum Gasteiger partial charge on any atom is -0.328 e. The van der Waals surface area contributed by atoms with Crippen LogP contribution in [0.15, 0.2) is 35.1 Å². The fourth-order valence-corrected chi connectivity index (χ4v) is 8.90. The van der Waals surface area contributed by atoms with Crippen LogP contribution >= 0.6 is 0 Å². The number of carbonyl (C=O) groups is 1. The van der Waals surface area contributed by atoms with E-state index < -0.39 is 0 Å². The van der Waals surface area contributed by atoms with Crippen LogP contribution in [0, 0.1) is 46.3 Å². The van der Waals surface area contributed by atoms with Crippen LogP contribution in [0.2, 0.25) is 0 Å². The molecule has 0 aromatic carbocycles. The monoisotopic (exact) mass is 436 g/mol. The number of fused-ring (bicyclic) bond motifs is 5. The molecule has 0 saturated heterocycles. The van der Waals surface area contributed by atoms with E-state index in [1.165, 1.54) is 56.9 Å². The van der Waals surface area contributed by atoms with Crippen molar-refractivity contribution in [3.63, 3.8) is 0 Å². The first-order valence-corrected chi connectivity index (χ1v) is 13.3. The number of nitrogens with two attached hydrogens (primary N) is 1. The number of rotatable bonds is 3. The molecule has 1 unspecified atom stereocenters. The van der Waals surface area contributed by atoms with Gasteiger partial charge in [-0.25, -0.2) is 0 Å². The lowest BCUT2D eigenvalue weighted by Crippen LogP contribution is -2.50. The molecular formula is C29H44N2O. The molecule has 3 N–H and O–H groups in total. The first-order valence-electron chi connectivity index (χ1n) is 13.3. The summed E-state index contributed by atoms with van der Waals surface area (Å²) in [6.45, 7) is 12.0. The maximum Gasteiger partial charge on any atom is 0.248 e. The van der Waals surface area contributed by atoms with Crippen molar-refractivity contribution in [2.45, 2.75) is 92.0 Å². The second kappa shape index (κ2) is 7.86. The van der Waals surface area contributed by atoms with Crippen LogP contribution in [0.25, 0.3) is 0 Å². The van der Waals surface area contributed by atoms with Gasteiger partial charge in [0.2, 0.25) is 5.91 Å². The summed E-state index contributed by atoms with van der Waals surface area (Å²) >= 11 is 0. The summed E-state index contributed by atoms with van der Waals surface area (Å²) in [6.07, 6.45) is 17.2. The van der Waals surface area contributed by atoms with E-state index in [0.717, 1.165) is 23.5 Å². The van der Waals surface area contributed by atoms with Crippen LogP contribution < -0.4 is 11.1 Å². The largest absolute Gasteiger partial charge is 0.328 e. The van der Waals surface area contributed by atoms with Gasteiger partial charge < -0.3 is 11.1 Å². The van der Waals surface area contributed by atoms with Gasteiger partial charge in [0.1, 0.15) is 0 Å². The first-order chi connectivity index (χ1) is 15.1. The van der Waals surface area contributed by atoms with E-state index in [9.17, 15) is 4.79 Å². The summed E-state index contributed by atoms with van der Waals surface area (Å²) < 4.78 is 0. The average Bonchev–Trinajstić information content (AvgIpc) is 3.27. The molecule has 0 spiro atoms. The van der Waals surface area contributed by atoms with Crippen LogP contribution in [0.1, 0.15) is 86.0 Å². The molecule has 3 heteroatoms. The van der Waals surface area contributed by atoms with Crippen molar-refractivity contribution in [2.75, 3.05) is 0 Å². The van der Waals surface area contributed by atoms with E-state index in [0.29, 0.717) is 34.6 Å². The second-order valence-electron chi connectivity index (χ2n) is 12.7. The lowest BCUT2D eigenvalue weighted by molar-refractivity contribution is -0.115. The van der Waals surface area contributed by atoms with Crippen LogP contribution in [0.3, 0.4) is 0 Å². The van der Waals surface area contributed by atoms with Crippen molar-refractivity contribution >= 4 is 5.91 Å². The molecule has 1 amide bonds. The van der Waals surface area contributed by atoms with E-state index >= 15 is 0 Å². The van der Waals surface area contributed by atoms with E-state index in [2.05, 4.69) is 52.1 Å². The molecule has 4 aliphatic carbocycles. The summed E-state index contributed by atoms with van der Waals surface area (Å²) in [5.41, 5.74) is 11.3. The van der Waals surface area contributed by atoms with Gasteiger partial charge in [-0.3, -0.25) is 4.79 Å².